The standard InChI is InChI=1S/C25H30N4O3.C2HF3O2/c1-6-29-18(4)21(17(3)27-29)13-14-28(5)23-12-11-20(15-22(23)25(31)32)26-24(30)19-9-7-16(2)8-10-19;3-2(4,5)1(6)7/h7-12,15H,6,13-14H2,1-5H3,(H,26,30)(H,31,32);(H,6,7). The van der Waals surface area contributed by atoms with Crippen LogP contribution < -0.4 is 10.2 Å². The Morgan fingerprint density at radius 2 is 1.62 bits per heavy atom. The molecular weight excluding hydrogens is 517 g/mol. The van der Waals surface area contributed by atoms with Crippen LogP contribution >= 0.6 is 0 Å². The van der Waals surface area contributed by atoms with Crippen molar-refractivity contribution in [2.24, 2.45) is 0 Å². The minimum absolute atomic E-state index is 0.145. The number of carbonyl (C=O) groups excluding carboxylic acids is 1. The van der Waals surface area contributed by atoms with E-state index in [1.807, 2.05) is 42.6 Å². The van der Waals surface area contributed by atoms with Gasteiger partial charge in [0.25, 0.3) is 5.91 Å². The summed E-state index contributed by atoms with van der Waals surface area (Å²) in [6.07, 6.45) is -4.32. The van der Waals surface area contributed by atoms with Crippen molar-refractivity contribution >= 4 is 29.2 Å². The molecule has 3 rings (SSSR count). The highest BCUT2D eigenvalue weighted by molar-refractivity contribution is 6.05. The van der Waals surface area contributed by atoms with Crippen LogP contribution in [0.25, 0.3) is 0 Å². The number of likely N-dealkylation sites (N-methyl/N-ethyl adjacent to an activating group) is 1. The van der Waals surface area contributed by atoms with Crippen molar-refractivity contribution in [1.82, 2.24) is 9.78 Å². The van der Waals surface area contributed by atoms with Crippen LogP contribution in [0.2, 0.25) is 0 Å². The highest BCUT2D eigenvalue weighted by Crippen LogP contribution is 2.25. The first kappa shape index (κ1) is 30.9. The molecule has 0 aliphatic heterocycles. The molecule has 1 amide bonds. The number of carboxylic acids is 2. The number of halogens is 3. The smallest absolute Gasteiger partial charge is 0.478 e. The van der Waals surface area contributed by atoms with Crippen LogP contribution in [0.4, 0.5) is 24.5 Å². The number of rotatable bonds is 8. The number of hydrogen-bond donors (Lipinski definition) is 3. The first-order chi connectivity index (χ1) is 18.1. The van der Waals surface area contributed by atoms with Crippen molar-refractivity contribution in [3.8, 4) is 0 Å². The van der Waals surface area contributed by atoms with Crippen LogP contribution in [0.5, 0.6) is 0 Å². The SMILES string of the molecule is CCn1nc(C)c(CCN(C)c2ccc(NC(=O)c3ccc(C)cc3)cc2C(=O)O)c1C.O=C(O)C(F)(F)F. The Bertz CT molecular complexity index is 1330. The first-order valence-corrected chi connectivity index (χ1v) is 11.9. The minimum atomic E-state index is -5.08. The number of aliphatic carboxylic acids is 1. The van der Waals surface area contributed by atoms with Crippen LogP contribution in [0.3, 0.4) is 0 Å². The Kier molecular flexibility index (Phi) is 10.2. The molecule has 3 aromatic rings. The van der Waals surface area contributed by atoms with Crippen molar-refractivity contribution in [2.45, 2.75) is 46.8 Å². The van der Waals surface area contributed by atoms with Crippen molar-refractivity contribution in [3.05, 3.63) is 76.1 Å². The number of aromatic nitrogens is 2. The molecule has 0 aliphatic carbocycles. The Balaban J connectivity index is 0.000000673. The lowest BCUT2D eigenvalue weighted by Crippen LogP contribution is -2.23. The van der Waals surface area contributed by atoms with Gasteiger partial charge in [-0.3, -0.25) is 9.48 Å². The molecule has 0 spiro atoms. The second-order valence-corrected chi connectivity index (χ2v) is 8.80. The Morgan fingerprint density at radius 1 is 1.03 bits per heavy atom. The van der Waals surface area contributed by atoms with Gasteiger partial charge in [-0.1, -0.05) is 17.7 Å². The lowest BCUT2D eigenvalue weighted by molar-refractivity contribution is -0.192. The van der Waals surface area contributed by atoms with Gasteiger partial charge in [0.15, 0.2) is 0 Å². The molecule has 0 saturated carbocycles. The van der Waals surface area contributed by atoms with Gasteiger partial charge in [0, 0.05) is 37.1 Å². The Hall–Kier alpha value is -4.35. The van der Waals surface area contributed by atoms with E-state index in [1.165, 1.54) is 11.6 Å². The molecule has 39 heavy (non-hydrogen) atoms. The fourth-order valence-corrected chi connectivity index (χ4v) is 3.83. The monoisotopic (exact) mass is 548 g/mol. The molecule has 3 N–H and O–H groups in total. The normalized spacial score (nSPS) is 10.9. The summed E-state index contributed by atoms with van der Waals surface area (Å²) in [7, 11) is 1.88. The molecular formula is C27H31F3N4O5. The van der Waals surface area contributed by atoms with Gasteiger partial charge in [0.2, 0.25) is 0 Å². The molecule has 9 nitrogen and oxygen atoms in total. The maximum atomic E-state index is 12.5. The lowest BCUT2D eigenvalue weighted by Gasteiger charge is -2.22. The summed E-state index contributed by atoms with van der Waals surface area (Å²) < 4.78 is 33.7. The predicted octanol–water partition coefficient (Wildman–Crippen LogP) is 5.09. The fraction of sp³-hybridized carbons (Fsp3) is 0.333. The molecule has 12 heteroatoms. The third-order valence-corrected chi connectivity index (χ3v) is 5.98. The largest absolute Gasteiger partial charge is 0.490 e. The van der Waals surface area contributed by atoms with Crippen LogP contribution in [-0.4, -0.2) is 57.6 Å². The molecule has 1 aromatic heterocycles. The third-order valence-electron chi connectivity index (χ3n) is 5.98. The number of nitrogens with one attached hydrogen (secondary N) is 1. The zero-order chi connectivity index (χ0) is 29.5. The Labute approximate surface area is 223 Å². The molecule has 0 fully saturated rings. The highest BCUT2D eigenvalue weighted by Gasteiger charge is 2.38. The summed E-state index contributed by atoms with van der Waals surface area (Å²) in [6, 6.07) is 12.2. The molecule has 0 bridgehead atoms. The van der Waals surface area contributed by atoms with Gasteiger partial charge < -0.3 is 20.4 Å². The van der Waals surface area contributed by atoms with Crippen LogP contribution in [-0.2, 0) is 17.8 Å². The van der Waals surface area contributed by atoms with Gasteiger partial charge in [-0.25, -0.2) is 9.59 Å². The number of anilines is 2. The first-order valence-electron chi connectivity index (χ1n) is 11.9. The van der Waals surface area contributed by atoms with Crippen molar-refractivity contribution < 1.29 is 37.8 Å². The zero-order valence-corrected chi connectivity index (χ0v) is 22.3. The van der Waals surface area contributed by atoms with Crippen LogP contribution in [0.15, 0.2) is 42.5 Å². The number of hydrogen-bond acceptors (Lipinski definition) is 5. The number of carbonyl (C=O) groups is 3. The summed E-state index contributed by atoms with van der Waals surface area (Å²) >= 11 is 0. The average molecular weight is 549 g/mol. The summed E-state index contributed by atoms with van der Waals surface area (Å²) in [5, 5.41) is 24.2. The lowest BCUT2D eigenvalue weighted by atomic mass is 10.1. The number of nitrogens with zero attached hydrogens (tertiary/aromatic N) is 3. The summed E-state index contributed by atoms with van der Waals surface area (Å²) in [6.45, 7) is 9.55. The number of alkyl halides is 3. The van der Waals surface area contributed by atoms with E-state index < -0.39 is 18.1 Å². The summed E-state index contributed by atoms with van der Waals surface area (Å²) in [5.41, 5.74) is 6.12. The van der Waals surface area contributed by atoms with Gasteiger partial charge in [0.05, 0.1) is 16.9 Å². The van der Waals surface area contributed by atoms with Crippen molar-refractivity contribution in [1.29, 1.82) is 0 Å². The predicted molar refractivity (Wildman–Crippen MR) is 141 cm³/mol. The van der Waals surface area contributed by atoms with Crippen LogP contribution in [0, 0.1) is 20.8 Å². The van der Waals surface area contributed by atoms with Gasteiger partial charge in [-0.2, -0.15) is 18.3 Å². The third kappa shape index (κ3) is 8.32. The van der Waals surface area contributed by atoms with E-state index in [9.17, 15) is 27.9 Å². The Morgan fingerprint density at radius 3 is 2.10 bits per heavy atom. The van der Waals surface area contributed by atoms with E-state index >= 15 is 0 Å². The van der Waals surface area contributed by atoms with Gasteiger partial charge in [0.1, 0.15) is 0 Å². The number of aryl methyl sites for hydroxylation is 3. The van der Waals surface area contributed by atoms with E-state index in [0.717, 1.165) is 29.9 Å². The molecule has 0 saturated heterocycles. The molecule has 0 unspecified atom stereocenters. The molecule has 2 aromatic carbocycles. The number of amides is 1. The average Bonchev–Trinajstić information content (AvgIpc) is 3.14. The molecule has 0 aliphatic rings. The van der Waals surface area contributed by atoms with Crippen molar-refractivity contribution in [2.75, 3.05) is 23.8 Å². The van der Waals surface area contributed by atoms with Gasteiger partial charge >= 0.3 is 18.1 Å². The minimum Gasteiger partial charge on any atom is -0.478 e. The molecule has 1 heterocycles. The maximum absolute atomic E-state index is 12.5. The second kappa shape index (κ2) is 12.9. The van der Waals surface area contributed by atoms with E-state index in [0.29, 0.717) is 23.5 Å². The molecule has 0 radical (unpaired) electrons. The number of aromatic carboxylic acids is 1. The van der Waals surface area contributed by atoms with Crippen molar-refractivity contribution in [3.63, 3.8) is 0 Å². The second-order valence-electron chi connectivity index (χ2n) is 8.80. The topological polar surface area (TPSA) is 125 Å². The molecule has 210 valence electrons. The number of benzene rings is 2. The van der Waals surface area contributed by atoms with E-state index in [4.69, 9.17) is 9.90 Å². The fourth-order valence-electron chi connectivity index (χ4n) is 3.83. The van der Waals surface area contributed by atoms with Gasteiger partial charge in [-0.05, 0) is 70.0 Å². The quantitative estimate of drug-likeness (QED) is 0.358. The van der Waals surface area contributed by atoms with E-state index in [1.54, 1.807) is 24.3 Å². The van der Waals surface area contributed by atoms with E-state index in [-0.39, 0.29) is 11.5 Å². The maximum Gasteiger partial charge on any atom is 0.490 e. The van der Waals surface area contributed by atoms with E-state index in [2.05, 4.69) is 24.3 Å². The molecule has 0 atom stereocenters. The zero-order valence-electron chi connectivity index (χ0n) is 22.3. The highest BCUT2D eigenvalue weighted by atomic mass is 19.4. The van der Waals surface area contributed by atoms with Gasteiger partial charge in [-0.15, -0.1) is 0 Å². The van der Waals surface area contributed by atoms with Crippen LogP contribution in [0.1, 0.15) is 50.2 Å². The summed E-state index contributed by atoms with van der Waals surface area (Å²) in [5.74, 6) is -4.07. The summed E-state index contributed by atoms with van der Waals surface area (Å²) in [4.78, 5) is 35.3. The number of carboxylic acid groups (broad SMARTS) is 2.